The number of rotatable bonds is 3. The van der Waals surface area contributed by atoms with Gasteiger partial charge in [0.1, 0.15) is 0 Å². The first-order chi connectivity index (χ1) is 5.50. The molecule has 0 aromatic carbocycles. The smallest absolute Gasteiger partial charge is 0.445 e. The Balaban J connectivity index is 0.00000144. The van der Waals surface area contributed by atoms with Crippen molar-refractivity contribution in [2.75, 3.05) is 0 Å². The summed E-state index contributed by atoms with van der Waals surface area (Å²) in [4.78, 5) is 3.62. The summed E-state index contributed by atoms with van der Waals surface area (Å²) in [6.45, 7) is -2.20. The molecular weight excluding hydrogens is 207 g/mol. The second-order valence-electron chi connectivity index (χ2n) is 2.47. The molecule has 0 aliphatic heterocycles. The average Bonchev–Trinajstić information content (AvgIpc) is 2.37. The van der Waals surface area contributed by atoms with E-state index in [0.29, 0.717) is 0 Å². The van der Waals surface area contributed by atoms with E-state index in [1.54, 1.807) is 0 Å². The predicted molar refractivity (Wildman–Crippen MR) is 40.4 cm³/mol. The molecule has 2 nitrogen and oxygen atoms in total. The summed E-state index contributed by atoms with van der Waals surface area (Å²) >= 11 is 0. The molecule has 0 spiro atoms. The Bertz CT molecular complexity index is 270. The molecule has 0 saturated heterocycles. The Morgan fingerprint density at radius 3 is 2.46 bits per heavy atom. The molecule has 0 bridgehead atoms. The molecule has 0 unspecified atom stereocenters. The van der Waals surface area contributed by atoms with E-state index in [1.807, 2.05) is 0 Å². The van der Waals surface area contributed by atoms with E-state index in [0.717, 1.165) is 0 Å². The van der Waals surface area contributed by atoms with Crippen LogP contribution in [0.25, 0.3) is 0 Å². The van der Waals surface area contributed by atoms with Crippen LogP contribution in [-0.2, 0) is 6.54 Å². The maximum atomic E-state index is 12.0. The second-order valence-corrected chi connectivity index (χ2v) is 2.47. The van der Waals surface area contributed by atoms with Crippen molar-refractivity contribution in [1.29, 1.82) is 0 Å². The summed E-state index contributed by atoms with van der Waals surface area (Å²) in [6.07, 6.45) is 4.22. The minimum Gasteiger partial charge on any atom is -0.445 e. The molecular formula is C6H7BF3KN2. The Morgan fingerprint density at radius 1 is 1.46 bits per heavy atom. The van der Waals surface area contributed by atoms with Gasteiger partial charge in [0.05, 0.1) is 6.33 Å². The predicted octanol–water partition coefficient (Wildman–Crippen LogP) is -1.17. The summed E-state index contributed by atoms with van der Waals surface area (Å²) in [5.41, 5.74) is -0.715. The monoisotopic (exact) mass is 214 g/mol. The van der Waals surface area contributed by atoms with E-state index in [2.05, 4.69) is 11.6 Å². The van der Waals surface area contributed by atoms with Crippen molar-refractivity contribution in [2.24, 2.45) is 0 Å². The van der Waals surface area contributed by atoms with Gasteiger partial charge in [-0.3, -0.25) is 0 Å². The molecule has 0 fully saturated rings. The third kappa shape index (κ3) is 4.46. The van der Waals surface area contributed by atoms with Gasteiger partial charge in [-0.15, -0.1) is 12.1 Å². The van der Waals surface area contributed by atoms with Gasteiger partial charge in [0, 0.05) is 18.9 Å². The zero-order chi connectivity index (χ0) is 9.19. The van der Waals surface area contributed by atoms with Crippen molar-refractivity contribution in [2.45, 2.75) is 6.54 Å². The van der Waals surface area contributed by atoms with Crippen molar-refractivity contribution in [3.05, 3.63) is 30.8 Å². The van der Waals surface area contributed by atoms with Gasteiger partial charge >= 0.3 is 58.4 Å². The number of allylic oxidation sites excluding steroid dienone is 1. The van der Waals surface area contributed by atoms with E-state index >= 15 is 0 Å². The third-order valence-electron chi connectivity index (χ3n) is 1.41. The molecule has 7 heteroatoms. The van der Waals surface area contributed by atoms with Gasteiger partial charge in [0.15, 0.2) is 0 Å². The van der Waals surface area contributed by atoms with Gasteiger partial charge in [-0.05, 0) is 0 Å². The molecule has 1 heterocycles. The van der Waals surface area contributed by atoms with Crippen LogP contribution in [0.2, 0.25) is 0 Å². The molecule has 13 heavy (non-hydrogen) atoms. The van der Waals surface area contributed by atoms with Crippen molar-refractivity contribution in [3.63, 3.8) is 0 Å². The topological polar surface area (TPSA) is 17.8 Å². The molecule has 66 valence electrons. The minimum atomic E-state index is -4.92. The van der Waals surface area contributed by atoms with Gasteiger partial charge in [-0.1, -0.05) is 0 Å². The van der Waals surface area contributed by atoms with Crippen LogP contribution in [0.15, 0.2) is 30.8 Å². The SMILES string of the molecule is C=C(Cn1ccnc1)[B-](F)(F)F.[K+]. The van der Waals surface area contributed by atoms with Gasteiger partial charge in [0.2, 0.25) is 0 Å². The fraction of sp³-hybridized carbons (Fsp3) is 0.167. The number of nitrogens with zero attached hydrogens (tertiary/aromatic N) is 2. The molecule has 0 aliphatic rings. The van der Waals surface area contributed by atoms with Crippen LogP contribution >= 0.6 is 0 Å². The third-order valence-corrected chi connectivity index (χ3v) is 1.41. The van der Waals surface area contributed by atoms with Crippen LogP contribution in [0.1, 0.15) is 0 Å². The van der Waals surface area contributed by atoms with Gasteiger partial charge in [0.25, 0.3) is 0 Å². The summed E-state index contributed by atoms with van der Waals surface area (Å²) < 4.78 is 37.2. The van der Waals surface area contributed by atoms with Gasteiger partial charge in [-0.2, -0.15) is 0 Å². The Morgan fingerprint density at radius 2 is 2.08 bits per heavy atom. The fourth-order valence-electron chi connectivity index (χ4n) is 0.718. The number of hydrogen-bond donors (Lipinski definition) is 0. The van der Waals surface area contributed by atoms with Gasteiger partial charge in [-0.25, -0.2) is 4.98 Å². The maximum Gasteiger partial charge on any atom is 1.00 e. The molecule has 1 rings (SSSR count). The number of aromatic nitrogens is 2. The Labute approximate surface area is 117 Å². The van der Waals surface area contributed by atoms with Crippen LogP contribution in [0.3, 0.4) is 0 Å². The van der Waals surface area contributed by atoms with E-state index in [9.17, 15) is 12.9 Å². The van der Waals surface area contributed by atoms with Crippen LogP contribution in [0.5, 0.6) is 0 Å². The molecule has 0 N–H and O–H groups in total. The number of hydrogen-bond acceptors (Lipinski definition) is 1. The summed E-state index contributed by atoms with van der Waals surface area (Å²) in [6, 6.07) is 0. The fourth-order valence-corrected chi connectivity index (χ4v) is 0.718. The van der Waals surface area contributed by atoms with E-state index < -0.39 is 12.4 Å². The molecule has 0 saturated carbocycles. The minimum absolute atomic E-state index is 0. The average molecular weight is 214 g/mol. The number of halogens is 3. The van der Waals surface area contributed by atoms with Crippen molar-refractivity contribution in [1.82, 2.24) is 9.55 Å². The summed E-state index contributed by atoms with van der Waals surface area (Å²) in [5, 5.41) is 0. The van der Waals surface area contributed by atoms with Crippen LogP contribution in [0, 0.1) is 0 Å². The van der Waals surface area contributed by atoms with E-state index in [1.165, 1.54) is 23.3 Å². The Hall–Kier alpha value is 0.441. The molecule has 0 amide bonds. The standard InChI is InChI=1S/C6H7BF3N2.K/c1-6(7(8,9)10)4-12-3-2-11-5-12;/h2-3,5H,1,4H2;/q-1;+1. The molecule has 0 atom stereocenters. The number of imidazole rings is 1. The first kappa shape index (κ1) is 13.4. The van der Waals surface area contributed by atoms with E-state index in [4.69, 9.17) is 0 Å². The van der Waals surface area contributed by atoms with Gasteiger partial charge < -0.3 is 17.5 Å². The van der Waals surface area contributed by atoms with Crippen LogP contribution in [-0.4, -0.2) is 16.5 Å². The van der Waals surface area contributed by atoms with Crippen molar-refractivity contribution >= 4 is 6.98 Å². The first-order valence-electron chi connectivity index (χ1n) is 3.33. The van der Waals surface area contributed by atoms with Crippen molar-refractivity contribution < 1.29 is 64.3 Å². The van der Waals surface area contributed by atoms with Crippen LogP contribution < -0.4 is 51.4 Å². The zero-order valence-corrected chi connectivity index (χ0v) is 10.4. The quantitative estimate of drug-likeness (QED) is 0.580. The van der Waals surface area contributed by atoms with Crippen LogP contribution in [0.4, 0.5) is 12.9 Å². The maximum absolute atomic E-state index is 12.0. The van der Waals surface area contributed by atoms with E-state index in [-0.39, 0.29) is 57.9 Å². The molecule has 1 aromatic heterocycles. The first-order valence-corrected chi connectivity index (χ1v) is 3.33. The second kappa shape index (κ2) is 5.35. The zero-order valence-electron chi connectivity index (χ0n) is 7.25. The summed E-state index contributed by atoms with van der Waals surface area (Å²) in [7, 11) is 0. The normalized spacial score (nSPS) is 10.7. The molecule has 0 aliphatic carbocycles. The molecule has 0 radical (unpaired) electrons. The molecule has 1 aromatic rings. The summed E-state index contributed by atoms with van der Waals surface area (Å²) in [5.74, 6) is 0. The largest absolute Gasteiger partial charge is 1.00 e. The Kier molecular flexibility index (Phi) is 5.54. The van der Waals surface area contributed by atoms with Crippen molar-refractivity contribution in [3.8, 4) is 0 Å².